The van der Waals surface area contributed by atoms with Crippen LogP contribution in [0.1, 0.15) is 58.9 Å². The van der Waals surface area contributed by atoms with Crippen molar-refractivity contribution in [3.63, 3.8) is 0 Å². The third kappa shape index (κ3) is 3.48. The summed E-state index contributed by atoms with van der Waals surface area (Å²) in [5.74, 6) is 0.540. The Balaban J connectivity index is 2.16. The Labute approximate surface area is 129 Å². The van der Waals surface area contributed by atoms with E-state index in [9.17, 15) is 4.39 Å². The molecule has 1 N–H and O–H groups in total. The first-order valence-corrected chi connectivity index (χ1v) is 8.42. The Bertz CT molecular complexity index is 454. The Hall–Kier alpha value is -0.890. The zero-order chi connectivity index (χ0) is 15.5. The van der Waals surface area contributed by atoms with Gasteiger partial charge in [0, 0.05) is 12.0 Å². The smallest absolute Gasteiger partial charge is 0.123 e. The minimum absolute atomic E-state index is 0.110. The van der Waals surface area contributed by atoms with Crippen molar-refractivity contribution in [3.8, 4) is 0 Å². The van der Waals surface area contributed by atoms with E-state index in [0.29, 0.717) is 11.3 Å². The van der Waals surface area contributed by atoms with Gasteiger partial charge in [-0.15, -0.1) is 0 Å². The molecular formula is C19H30FN. The highest BCUT2D eigenvalue weighted by atomic mass is 19.1. The maximum atomic E-state index is 13.6. The Morgan fingerprint density at radius 3 is 2.38 bits per heavy atom. The second-order valence-electron chi connectivity index (χ2n) is 7.38. The van der Waals surface area contributed by atoms with Gasteiger partial charge in [0.2, 0.25) is 0 Å². The number of hydrogen-bond donors (Lipinski definition) is 1. The molecule has 1 aromatic rings. The van der Waals surface area contributed by atoms with Crippen LogP contribution in [0.5, 0.6) is 0 Å². The molecule has 1 aromatic carbocycles. The normalized spacial score (nSPS) is 19.5. The molecule has 0 bridgehead atoms. The second kappa shape index (κ2) is 6.48. The minimum Gasteiger partial charge on any atom is -0.316 e. The van der Waals surface area contributed by atoms with Crippen molar-refractivity contribution < 1.29 is 4.39 Å². The van der Waals surface area contributed by atoms with Crippen molar-refractivity contribution >= 4 is 0 Å². The molecule has 1 saturated carbocycles. The molecule has 0 aliphatic heterocycles. The first kappa shape index (κ1) is 16.5. The highest BCUT2D eigenvalue weighted by Crippen LogP contribution is 2.59. The van der Waals surface area contributed by atoms with E-state index in [4.69, 9.17) is 0 Å². The number of rotatable bonds is 7. The molecule has 1 aliphatic rings. The van der Waals surface area contributed by atoms with Crippen LogP contribution in [0.2, 0.25) is 0 Å². The maximum Gasteiger partial charge on any atom is 0.123 e. The summed E-state index contributed by atoms with van der Waals surface area (Å²) in [5, 5.41) is 3.61. The van der Waals surface area contributed by atoms with Crippen LogP contribution in [-0.2, 0) is 5.41 Å². The van der Waals surface area contributed by atoms with Crippen LogP contribution in [0.15, 0.2) is 24.3 Å². The summed E-state index contributed by atoms with van der Waals surface area (Å²) in [6.45, 7) is 11.0. The first-order chi connectivity index (χ1) is 9.95. The molecule has 2 rings (SSSR count). The van der Waals surface area contributed by atoms with E-state index in [1.807, 2.05) is 6.07 Å². The Morgan fingerprint density at radius 1 is 1.19 bits per heavy atom. The molecular weight excluding hydrogens is 261 g/mol. The lowest BCUT2D eigenvalue weighted by Gasteiger charge is -2.57. The highest BCUT2D eigenvalue weighted by molar-refractivity contribution is 5.32. The fourth-order valence-electron chi connectivity index (χ4n) is 3.98. The molecule has 0 unspecified atom stereocenters. The van der Waals surface area contributed by atoms with Crippen molar-refractivity contribution in [3.05, 3.63) is 35.6 Å². The fraction of sp³-hybridized carbons (Fsp3) is 0.684. The average Bonchev–Trinajstić information content (AvgIpc) is 2.41. The minimum atomic E-state index is -0.110. The van der Waals surface area contributed by atoms with Gasteiger partial charge in [-0.05, 0) is 48.4 Å². The van der Waals surface area contributed by atoms with Crippen LogP contribution in [0.3, 0.4) is 0 Å². The van der Waals surface area contributed by atoms with E-state index in [0.717, 1.165) is 13.1 Å². The second-order valence-corrected chi connectivity index (χ2v) is 7.38. The summed E-state index contributed by atoms with van der Waals surface area (Å²) in [6.07, 6.45) is 4.82. The lowest BCUT2D eigenvalue weighted by atomic mass is 9.48. The predicted molar refractivity (Wildman–Crippen MR) is 88.0 cm³/mol. The van der Waals surface area contributed by atoms with E-state index in [-0.39, 0.29) is 11.2 Å². The van der Waals surface area contributed by atoms with Gasteiger partial charge < -0.3 is 5.32 Å². The van der Waals surface area contributed by atoms with Crippen LogP contribution in [0, 0.1) is 17.2 Å². The molecule has 1 aliphatic carbocycles. The van der Waals surface area contributed by atoms with E-state index in [1.54, 1.807) is 12.1 Å². The summed E-state index contributed by atoms with van der Waals surface area (Å²) in [7, 11) is 0. The third-order valence-electron chi connectivity index (χ3n) is 5.38. The molecule has 1 fully saturated rings. The summed E-state index contributed by atoms with van der Waals surface area (Å²) < 4.78 is 13.6. The van der Waals surface area contributed by atoms with Crippen LogP contribution in [0.4, 0.5) is 4.39 Å². The predicted octanol–water partition coefficient (Wildman–Crippen LogP) is 4.91. The van der Waals surface area contributed by atoms with Crippen LogP contribution in [-0.4, -0.2) is 13.1 Å². The van der Waals surface area contributed by atoms with Crippen LogP contribution in [0.25, 0.3) is 0 Å². The summed E-state index contributed by atoms with van der Waals surface area (Å²) in [6, 6.07) is 7.25. The summed E-state index contributed by atoms with van der Waals surface area (Å²) in [4.78, 5) is 0. The molecule has 118 valence electrons. The molecule has 0 aromatic heterocycles. The van der Waals surface area contributed by atoms with Gasteiger partial charge in [-0.3, -0.25) is 0 Å². The molecule has 0 amide bonds. The number of benzene rings is 1. The van der Waals surface area contributed by atoms with Crippen LogP contribution >= 0.6 is 0 Å². The van der Waals surface area contributed by atoms with E-state index in [2.05, 4.69) is 39.1 Å². The van der Waals surface area contributed by atoms with Gasteiger partial charge in [-0.25, -0.2) is 4.39 Å². The molecule has 0 atom stereocenters. The molecule has 0 heterocycles. The average molecular weight is 291 g/mol. The lowest BCUT2D eigenvalue weighted by molar-refractivity contribution is 0.0124. The summed E-state index contributed by atoms with van der Waals surface area (Å²) in [5.41, 5.74) is 1.77. The molecule has 0 radical (unpaired) electrons. The largest absolute Gasteiger partial charge is 0.316 e. The summed E-state index contributed by atoms with van der Waals surface area (Å²) >= 11 is 0. The van der Waals surface area contributed by atoms with E-state index < -0.39 is 0 Å². The zero-order valence-corrected chi connectivity index (χ0v) is 14.0. The van der Waals surface area contributed by atoms with Gasteiger partial charge in [-0.1, -0.05) is 52.7 Å². The zero-order valence-electron chi connectivity index (χ0n) is 14.0. The Morgan fingerprint density at radius 2 is 1.86 bits per heavy atom. The van der Waals surface area contributed by atoms with Gasteiger partial charge >= 0.3 is 0 Å². The highest BCUT2D eigenvalue weighted by Gasteiger charge is 2.52. The molecule has 2 heteroatoms. The van der Waals surface area contributed by atoms with E-state index in [1.165, 1.54) is 31.2 Å². The number of nitrogens with one attached hydrogen (secondary N) is 1. The van der Waals surface area contributed by atoms with Crippen molar-refractivity contribution in [1.82, 2.24) is 5.32 Å². The number of halogens is 1. The van der Waals surface area contributed by atoms with Gasteiger partial charge in [0.25, 0.3) is 0 Å². The van der Waals surface area contributed by atoms with Crippen molar-refractivity contribution in [2.75, 3.05) is 13.1 Å². The Kier molecular flexibility index (Phi) is 5.08. The third-order valence-corrected chi connectivity index (χ3v) is 5.38. The SMILES string of the molecule is CCC1(CC)CC(CNCC(C)C)(c2cccc(F)c2)C1. The first-order valence-electron chi connectivity index (χ1n) is 8.42. The maximum absolute atomic E-state index is 13.6. The van der Waals surface area contributed by atoms with Gasteiger partial charge in [-0.2, -0.15) is 0 Å². The van der Waals surface area contributed by atoms with Gasteiger partial charge in [0.15, 0.2) is 0 Å². The standard InChI is InChI=1S/C19H30FN/c1-5-18(6-2)12-19(13-18,14-21-11-15(3)4)16-8-7-9-17(20)10-16/h7-10,15,21H,5-6,11-14H2,1-4H3. The molecule has 1 nitrogen and oxygen atoms in total. The van der Waals surface area contributed by atoms with Gasteiger partial charge in [0.05, 0.1) is 0 Å². The lowest BCUT2D eigenvalue weighted by Crippen LogP contribution is -2.54. The van der Waals surface area contributed by atoms with Crippen molar-refractivity contribution in [1.29, 1.82) is 0 Å². The van der Waals surface area contributed by atoms with Crippen molar-refractivity contribution in [2.24, 2.45) is 11.3 Å². The molecule has 0 saturated heterocycles. The molecule has 0 spiro atoms. The molecule has 21 heavy (non-hydrogen) atoms. The monoisotopic (exact) mass is 291 g/mol. The van der Waals surface area contributed by atoms with Crippen molar-refractivity contribution in [2.45, 2.75) is 58.8 Å². The number of hydrogen-bond acceptors (Lipinski definition) is 1. The van der Waals surface area contributed by atoms with E-state index >= 15 is 0 Å². The fourth-order valence-corrected chi connectivity index (χ4v) is 3.98. The van der Waals surface area contributed by atoms with Gasteiger partial charge in [0.1, 0.15) is 5.82 Å². The topological polar surface area (TPSA) is 12.0 Å². The van der Waals surface area contributed by atoms with Crippen LogP contribution < -0.4 is 5.32 Å². The quantitative estimate of drug-likeness (QED) is 0.752.